The summed E-state index contributed by atoms with van der Waals surface area (Å²) in [5.74, 6) is 0.0844. The summed E-state index contributed by atoms with van der Waals surface area (Å²) in [6, 6.07) is 7.93. The zero-order valence-corrected chi connectivity index (χ0v) is 13.0. The number of nitrogens with zero attached hydrogens (tertiary/aromatic N) is 4. The van der Waals surface area contributed by atoms with Gasteiger partial charge in [-0.05, 0) is 26.2 Å². The molecule has 0 bridgehead atoms. The predicted molar refractivity (Wildman–Crippen MR) is 84.4 cm³/mol. The standard InChI is InChI=1S/C16H22N4O2/c1-18(2)14-9-20(10-15(14)21)16(22)7-8-19-11-17-12-5-3-4-6-13(12)19/h3-6,11,14-15,21H,7-10H2,1-2H3/t14-,15-/m1/s1. The van der Waals surface area contributed by atoms with E-state index in [-0.39, 0.29) is 11.9 Å². The highest BCUT2D eigenvalue weighted by atomic mass is 16.3. The molecule has 2 heterocycles. The topological polar surface area (TPSA) is 61.6 Å². The first-order chi connectivity index (χ1) is 10.6. The van der Waals surface area contributed by atoms with Crippen molar-refractivity contribution in [3.63, 3.8) is 0 Å². The maximum Gasteiger partial charge on any atom is 0.224 e. The fraction of sp³-hybridized carbons (Fsp3) is 0.500. The quantitative estimate of drug-likeness (QED) is 0.896. The second-order valence-corrected chi connectivity index (χ2v) is 6.07. The van der Waals surface area contributed by atoms with Crippen molar-refractivity contribution in [2.75, 3.05) is 27.2 Å². The van der Waals surface area contributed by atoms with E-state index in [1.165, 1.54) is 0 Å². The lowest BCUT2D eigenvalue weighted by Gasteiger charge is -2.21. The van der Waals surface area contributed by atoms with E-state index in [4.69, 9.17) is 0 Å². The molecule has 1 aromatic carbocycles. The number of aliphatic hydroxyl groups excluding tert-OH is 1. The predicted octanol–water partition coefficient (Wildman–Crippen LogP) is 0.560. The van der Waals surface area contributed by atoms with Gasteiger partial charge in [-0.3, -0.25) is 4.79 Å². The number of likely N-dealkylation sites (N-methyl/N-ethyl adjacent to an activating group) is 1. The highest BCUT2D eigenvalue weighted by Crippen LogP contribution is 2.16. The number of β-amino-alcohol motifs (C(OH)–C–C–N with tert-alkyl or cyclic N) is 1. The van der Waals surface area contributed by atoms with Gasteiger partial charge < -0.3 is 19.5 Å². The van der Waals surface area contributed by atoms with Crippen LogP contribution >= 0.6 is 0 Å². The summed E-state index contributed by atoms with van der Waals surface area (Å²) in [5.41, 5.74) is 1.99. The molecule has 6 nitrogen and oxygen atoms in total. The Balaban J connectivity index is 1.61. The average molecular weight is 302 g/mol. The second-order valence-electron chi connectivity index (χ2n) is 6.07. The monoisotopic (exact) mass is 302 g/mol. The van der Waals surface area contributed by atoms with Crippen LogP contribution in [0.15, 0.2) is 30.6 Å². The molecule has 1 saturated heterocycles. The molecule has 2 aromatic rings. The van der Waals surface area contributed by atoms with Gasteiger partial charge in [-0.25, -0.2) is 4.98 Å². The van der Waals surface area contributed by atoms with Crippen molar-refractivity contribution in [1.82, 2.24) is 19.4 Å². The van der Waals surface area contributed by atoms with Crippen LogP contribution in [0.2, 0.25) is 0 Å². The summed E-state index contributed by atoms with van der Waals surface area (Å²) in [4.78, 5) is 20.4. The van der Waals surface area contributed by atoms with Crippen LogP contribution in [0.1, 0.15) is 6.42 Å². The summed E-state index contributed by atoms with van der Waals surface area (Å²) in [5, 5.41) is 10.0. The molecule has 1 aliphatic rings. The van der Waals surface area contributed by atoms with Gasteiger partial charge in [-0.2, -0.15) is 0 Å². The molecule has 0 saturated carbocycles. The number of amides is 1. The summed E-state index contributed by atoms with van der Waals surface area (Å²) in [7, 11) is 3.86. The molecule has 0 aliphatic carbocycles. The molecule has 22 heavy (non-hydrogen) atoms. The van der Waals surface area contributed by atoms with Crippen LogP contribution in [0.5, 0.6) is 0 Å². The smallest absolute Gasteiger partial charge is 0.224 e. The van der Waals surface area contributed by atoms with E-state index in [1.807, 2.05) is 47.8 Å². The van der Waals surface area contributed by atoms with Gasteiger partial charge in [-0.1, -0.05) is 12.1 Å². The van der Waals surface area contributed by atoms with Gasteiger partial charge in [-0.15, -0.1) is 0 Å². The van der Waals surface area contributed by atoms with E-state index in [0.29, 0.717) is 26.1 Å². The summed E-state index contributed by atoms with van der Waals surface area (Å²) in [6.07, 6.45) is 1.74. The van der Waals surface area contributed by atoms with E-state index >= 15 is 0 Å². The number of aryl methyl sites for hydroxylation is 1. The van der Waals surface area contributed by atoms with Gasteiger partial charge in [0.05, 0.1) is 29.5 Å². The third-order valence-corrected chi connectivity index (χ3v) is 4.37. The number of hydrogen-bond donors (Lipinski definition) is 1. The Morgan fingerprint density at radius 3 is 2.86 bits per heavy atom. The minimum Gasteiger partial charge on any atom is -0.390 e. The minimum absolute atomic E-state index is 0.0259. The fourth-order valence-corrected chi connectivity index (χ4v) is 3.04. The van der Waals surface area contributed by atoms with Gasteiger partial charge in [0.25, 0.3) is 0 Å². The summed E-state index contributed by atoms with van der Waals surface area (Å²) < 4.78 is 2.00. The van der Waals surface area contributed by atoms with Crippen LogP contribution in [-0.4, -0.2) is 69.7 Å². The molecule has 1 aromatic heterocycles. The summed E-state index contributed by atoms with van der Waals surface area (Å²) >= 11 is 0. The van der Waals surface area contributed by atoms with E-state index in [2.05, 4.69) is 4.98 Å². The SMILES string of the molecule is CN(C)[C@@H]1CN(C(=O)CCn2cnc3ccccc32)C[C@H]1O. The van der Waals surface area contributed by atoms with Crippen LogP contribution < -0.4 is 0 Å². The molecular formula is C16H22N4O2. The summed E-state index contributed by atoms with van der Waals surface area (Å²) in [6.45, 7) is 1.63. The Morgan fingerprint density at radius 2 is 2.14 bits per heavy atom. The first kappa shape index (κ1) is 15.0. The van der Waals surface area contributed by atoms with E-state index in [0.717, 1.165) is 11.0 Å². The van der Waals surface area contributed by atoms with Crippen molar-refractivity contribution < 1.29 is 9.90 Å². The molecule has 1 N–H and O–H groups in total. The number of aliphatic hydroxyl groups is 1. The highest BCUT2D eigenvalue weighted by molar-refractivity contribution is 5.78. The maximum absolute atomic E-state index is 12.4. The number of aromatic nitrogens is 2. The molecule has 3 rings (SSSR count). The largest absolute Gasteiger partial charge is 0.390 e. The number of likely N-dealkylation sites (tertiary alicyclic amines) is 1. The lowest BCUT2D eigenvalue weighted by molar-refractivity contribution is -0.130. The van der Waals surface area contributed by atoms with Crippen molar-refractivity contribution in [3.8, 4) is 0 Å². The fourth-order valence-electron chi connectivity index (χ4n) is 3.04. The van der Waals surface area contributed by atoms with Crippen LogP contribution in [0.25, 0.3) is 11.0 Å². The van der Waals surface area contributed by atoms with Crippen LogP contribution in [0.3, 0.4) is 0 Å². The number of benzene rings is 1. The Bertz CT molecular complexity index is 667. The van der Waals surface area contributed by atoms with Crippen molar-refractivity contribution in [3.05, 3.63) is 30.6 Å². The molecule has 2 atom stereocenters. The molecule has 1 fully saturated rings. The first-order valence-electron chi connectivity index (χ1n) is 7.58. The number of carbonyl (C=O) groups excluding carboxylic acids is 1. The zero-order valence-electron chi connectivity index (χ0n) is 13.0. The van der Waals surface area contributed by atoms with Gasteiger partial charge >= 0.3 is 0 Å². The zero-order chi connectivity index (χ0) is 15.7. The maximum atomic E-state index is 12.4. The van der Waals surface area contributed by atoms with Crippen LogP contribution in [0.4, 0.5) is 0 Å². The third kappa shape index (κ3) is 2.84. The lowest BCUT2D eigenvalue weighted by Crippen LogP contribution is -2.38. The average Bonchev–Trinajstić information content (AvgIpc) is 3.08. The minimum atomic E-state index is -0.465. The molecule has 0 radical (unpaired) electrons. The molecule has 6 heteroatoms. The molecule has 0 spiro atoms. The molecule has 0 unspecified atom stereocenters. The number of rotatable bonds is 4. The molecule has 118 valence electrons. The van der Waals surface area contributed by atoms with Gasteiger partial charge in [0.1, 0.15) is 0 Å². The Hall–Kier alpha value is -1.92. The third-order valence-electron chi connectivity index (χ3n) is 4.37. The van der Waals surface area contributed by atoms with Crippen molar-refractivity contribution >= 4 is 16.9 Å². The van der Waals surface area contributed by atoms with E-state index in [9.17, 15) is 9.90 Å². The number of fused-ring (bicyclic) bond motifs is 1. The molecule has 1 amide bonds. The Labute approximate surface area is 130 Å². The van der Waals surface area contributed by atoms with Crippen LogP contribution in [0, 0.1) is 0 Å². The second kappa shape index (κ2) is 6.06. The van der Waals surface area contributed by atoms with Crippen molar-refractivity contribution in [2.24, 2.45) is 0 Å². The normalized spacial score (nSPS) is 21.9. The van der Waals surface area contributed by atoms with Gasteiger partial charge in [0, 0.05) is 26.1 Å². The molecule has 1 aliphatic heterocycles. The van der Waals surface area contributed by atoms with E-state index in [1.54, 1.807) is 11.2 Å². The number of imidazole rings is 1. The van der Waals surface area contributed by atoms with E-state index < -0.39 is 6.10 Å². The number of para-hydroxylation sites is 2. The van der Waals surface area contributed by atoms with Gasteiger partial charge in [0.2, 0.25) is 5.91 Å². The van der Waals surface area contributed by atoms with Crippen molar-refractivity contribution in [2.45, 2.75) is 25.1 Å². The first-order valence-corrected chi connectivity index (χ1v) is 7.58. The van der Waals surface area contributed by atoms with Crippen molar-refractivity contribution in [1.29, 1.82) is 0 Å². The van der Waals surface area contributed by atoms with Gasteiger partial charge in [0.15, 0.2) is 0 Å². The Kier molecular flexibility index (Phi) is 4.13. The number of carbonyl (C=O) groups is 1. The van der Waals surface area contributed by atoms with Crippen LogP contribution in [-0.2, 0) is 11.3 Å². The lowest BCUT2D eigenvalue weighted by atomic mass is 10.2. The number of hydrogen-bond acceptors (Lipinski definition) is 4. The highest BCUT2D eigenvalue weighted by Gasteiger charge is 2.34. The molecular weight excluding hydrogens is 280 g/mol. The Morgan fingerprint density at radius 1 is 1.36 bits per heavy atom.